The maximum atomic E-state index is 14.4. The number of sulfone groups is 1. The smallest absolute Gasteiger partial charge is 0.306 e. The molecule has 1 amide bonds. The van der Waals surface area contributed by atoms with E-state index in [1.54, 1.807) is 45.0 Å². The minimum atomic E-state index is -3.58. The Labute approximate surface area is 220 Å². The second kappa shape index (κ2) is 11.5. The summed E-state index contributed by atoms with van der Waals surface area (Å²) in [5, 5.41) is 9.30. The Morgan fingerprint density at radius 2 is 1.75 bits per heavy atom. The van der Waals surface area contributed by atoms with Crippen molar-refractivity contribution in [3.8, 4) is 0 Å². The number of carboxylic acids is 1. The number of carbonyl (C=O) groups excluding carboxylic acids is 1. The fraction of sp³-hybridized carbons (Fsp3) is 0.440. The van der Waals surface area contributed by atoms with Crippen molar-refractivity contribution in [3.63, 3.8) is 0 Å². The second-order valence-electron chi connectivity index (χ2n) is 9.03. The summed E-state index contributed by atoms with van der Waals surface area (Å²) in [5.41, 5.74) is 0.849. The maximum absolute atomic E-state index is 14.4. The third-order valence-electron chi connectivity index (χ3n) is 6.22. The van der Waals surface area contributed by atoms with E-state index >= 15 is 0 Å². The van der Waals surface area contributed by atoms with Gasteiger partial charge in [0.15, 0.2) is 9.84 Å². The number of hydrogen-bond acceptors (Lipinski definition) is 5. The molecule has 1 unspecified atom stereocenters. The lowest BCUT2D eigenvalue weighted by Gasteiger charge is -2.48. The first-order chi connectivity index (χ1) is 16.8. The third kappa shape index (κ3) is 6.37. The van der Waals surface area contributed by atoms with Crippen LogP contribution in [0.4, 0.5) is 4.39 Å². The van der Waals surface area contributed by atoms with Gasteiger partial charge in [-0.05, 0) is 61.7 Å². The Hall–Kier alpha value is -2.20. The van der Waals surface area contributed by atoms with Crippen molar-refractivity contribution in [2.24, 2.45) is 0 Å². The Kier molecular flexibility index (Phi) is 9.03. The summed E-state index contributed by atoms with van der Waals surface area (Å²) in [4.78, 5) is 26.7. The van der Waals surface area contributed by atoms with Crippen LogP contribution in [0.1, 0.15) is 56.9 Å². The fourth-order valence-corrected chi connectivity index (χ4v) is 5.98. The molecule has 0 saturated carbocycles. The van der Waals surface area contributed by atoms with Crippen molar-refractivity contribution in [3.05, 3.63) is 69.5 Å². The van der Waals surface area contributed by atoms with Crippen LogP contribution in [0.2, 0.25) is 10.0 Å². The molecule has 2 aromatic carbocycles. The summed E-state index contributed by atoms with van der Waals surface area (Å²) in [6.07, 6.45) is -2.81. The number of halogens is 3. The van der Waals surface area contributed by atoms with Gasteiger partial charge in [0.1, 0.15) is 18.0 Å². The number of nitrogens with zero attached hydrogens (tertiary/aromatic N) is 1. The quantitative estimate of drug-likeness (QED) is 0.452. The summed E-state index contributed by atoms with van der Waals surface area (Å²) >= 11 is 12.2. The summed E-state index contributed by atoms with van der Waals surface area (Å²) in [7, 11) is -3.58. The molecule has 0 radical (unpaired) electrons. The lowest BCUT2D eigenvalue weighted by molar-refractivity contribution is -0.182. The van der Waals surface area contributed by atoms with Gasteiger partial charge in [-0.25, -0.2) is 12.8 Å². The first kappa shape index (κ1) is 28.4. The number of rotatable bonds is 9. The molecule has 0 aromatic heterocycles. The van der Waals surface area contributed by atoms with Crippen LogP contribution in [-0.2, 0) is 24.2 Å². The van der Waals surface area contributed by atoms with Crippen LogP contribution < -0.4 is 0 Å². The Morgan fingerprint density at radius 3 is 2.28 bits per heavy atom. The van der Waals surface area contributed by atoms with Crippen molar-refractivity contribution < 1.29 is 32.2 Å². The average molecular weight is 560 g/mol. The van der Waals surface area contributed by atoms with Gasteiger partial charge in [0.25, 0.3) is 5.91 Å². The van der Waals surface area contributed by atoms with Crippen LogP contribution in [0.3, 0.4) is 0 Å². The van der Waals surface area contributed by atoms with Gasteiger partial charge < -0.3 is 14.7 Å². The van der Waals surface area contributed by atoms with Gasteiger partial charge in [-0.15, -0.1) is 0 Å². The molecule has 2 aromatic rings. The minimum Gasteiger partial charge on any atom is -0.481 e. The highest BCUT2D eigenvalue weighted by atomic mass is 35.5. The highest BCUT2D eigenvalue weighted by Gasteiger charge is 2.48. The van der Waals surface area contributed by atoms with Crippen molar-refractivity contribution in [1.29, 1.82) is 0 Å². The number of hydrogen-bond donors (Lipinski definition) is 1. The van der Waals surface area contributed by atoms with Crippen LogP contribution in [0, 0.1) is 5.82 Å². The van der Waals surface area contributed by atoms with Crippen molar-refractivity contribution >= 4 is 44.9 Å². The van der Waals surface area contributed by atoms with Crippen LogP contribution in [0.15, 0.2) is 42.5 Å². The van der Waals surface area contributed by atoms with Crippen LogP contribution in [0.25, 0.3) is 0 Å². The third-order valence-corrected chi connectivity index (χ3v) is 8.98. The topological polar surface area (TPSA) is 101 Å². The van der Waals surface area contributed by atoms with Gasteiger partial charge in [-0.3, -0.25) is 9.59 Å². The molecule has 0 bridgehead atoms. The van der Waals surface area contributed by atoms with Crippen LogP contribution in [0.5, 0.6) is 0 Å². The minimum absolute atomic E-state index is 0.0936. The monoisotopic (exact) mass is 559 g/mol. The van der Waals surface area contributed by atoms with Gasteiger partial charge in [0.05, 0.1) is 23.5 Å². The van der Waals surface area contributed by atoms with Gasteiger partial charge in [-0.2, -0.15) is 0 Å². The molecule has 3 rings (SSSR count). The fourth-order valence-electron chi connectivity index (χ4n) is 4.31. The van der Waals surface area contributed by atoms with Crippen molar-refractivity contribution in [2.75, 3.05) is 5.75 Å². The highest BCUT2D eigenvalue weighted by Crippen LogP contribution is 2.45. The molecule has 36 heavy (non-hydrogen) atoms. The van der Waals surface area contributed by atoms with Crippen LogP contribution in [-0.4, -0.2) is 53.4 Å². The van der Waals surface area contributed by atoms with Crippen LogP contribution >= 0.6 is 23.2 Å². The Bertz CT molecular complexity index is 1200. The molecule has 1 saturated heterocycles. The Morgan fingerprint density at radius 1 is 1.11 bits per heavy atom. The maximum Gasteiger partial charge on any atom is 0.306 e. The first-order valence-electron chi connectivity index (χ1n) is 11.5. The molecule has 196 valence electrons. The standard InChI is InChI=1S/C25H28Cl2FNO6S/c1-4-20(13-36(33,34)14(2)3)29-23(15-5-7-17(26)8-6-15)24(16-9-18(27)11-19(28)10-16)35-21(25(29)32)12-22(30)31/h5-11,14,20-21,23-24H,4,12-13H2,1-3H3,(H,30,31)/t20-,21-,23?,24+/m0/s1. The zero-order valence-electron chi connectivity index (χ0n) is 20.0. The number of benzene rings is 2. The number of ether oxygens (including phenoxy) is 1. The van der Waals surface area contributed by atoms with E-state index in [-0.39, 0.29) is 22.8 Å². The normalized spacial score (nSPS) is 21.6. The second-order valence-corrected chi connectivity index (χ2v) is 12.5. The Balaban J connectivity index is 2.23. The number of amides is 1. The SMILES string of the molecule is CC[C@@H](CS(=O)(=O)C(C)C)N1C(=O)[C@H](CC(=O)O)O[C@H](c2cc(F)cc(Cl)c2)C1c1ccc(Cl)cc1. The number of morpholine rings is 1. The molecule has 1 N–H and O–H groups in total. The number of carbonyl (C=O) groups is 2. The molecule has 1 fully saturated rings. The number of carboxylic acid groups (broad SMARTS) is 1. The van der Waals surface area contributed by atoms with E-state index in [4.69, 9.17) is 27.9 Å². The lowest BCUT2D eigenvalue weighted by atomic mass is 9.89. The van der Waals surface area contributed by atoms with E-state index in [0.29, 0.717) is 10.6 Å². The summed E-state index contributed by atoms with van der Waals surface area (Å²) in [6, 6.07) is 8.69. The molecule has 1 aliphatic rings. The number of aliphatic carboxylic acids is 1. The molecular formula is C25H28Cl2FNO6S. The predicted octanol–water partition coefficient (Wildman–Crippen LogP) is 5.22. The molecule has 11 heteroatoms. The molecule has 4 atom stereocenters. The van der Waals surface area contributed by atoms with E-state index in [1.807, 2.05) is 0 Å². The molecular weight excluding hydrogens is 532 g/mol. The molecule has 1 heterocycles. The average Bonchev–Trinajstić information content (AvgIpc) is 2.78. The predicted molar refractivity (Wildman–Crippen MR) is 135 cm³/mol. The summed E-state index contributed by atoms with van der Waals surface area (Å²) < 4.78 is 46.2. The zero-order chi connectivity index (χ0) is 26.8. The summed E-state index contributed by atoms with van der Waals surface area (Å²) in [6.45, 7) is 4.87. The molecule has 0 spiro atoms. The van der Waals surface area contributed by atoms with E-state index in [1.165, 1.54) is 17.0 Å². The molecule has 1 aliphatic heterocycles. The largest absolute Gasteiger partial charge is 0.481 e. The van der Waals surface area contributed by atoms with E-state index in [9.17, 15) is 27.5 Å². The lowest BCUT2D eigenvalue weighted by Crippen LogP contribution is -2.56. The van der Waals surface area contributed by atoms with E-state index in [2.05, 4.69) is 0 Å². The highest BCUT2D eigenvalue weighted by molar-refractivity contribution is 7.92. The van der Waals surface area contributed by atoms with Crippen molar-refractivity contribution in [2.45, 2.75) is 63.2 Å². The molecule has 7 nitrogen and oxygen atoms in total. The van der Waals surface area contributed by atoms with Gasteiger partial charge in [0, 0.05) is 16.1 Å². The van der Waals surface area contributed by atoms with E-state index < -0.39 is 63.5 Å². The van der Waals surface area contributed by atoms with Gasteiger partial charge in [-0.1, -0.05) is 42.3 Å². The first-order valence-corrected chi connectivity index (χ1v) is 13.9. The van der Waals surface area contributed by atoms with Crippen molar-refractivity contribution in [1.82, 2.24) is 4.90 Å². The molecule has 0 aliphatic carbocycles. The van der Waals surface area contributed by atoms with E-state index in [0.717, 1.165) is 6.07 Å². The van der Waals surface area contributed by atoms with Gasteiger partial charge >= 0.3 is 5.97 Å². The zero-order valence-corrected chi connectivity index (χ0v) is 22.4. The summed E-state index contributed by atoms with van der Waals surface area (Å²) in [5.74, 6) is -2.88. The van der Waals surface area contributed by atoms with Gasteiger partial charge in [0.2, 0.25) is 0 Å².